The molecular weight excluding hydrogens is 112 g/mol. The molecule has 0 aromatic heterocycles. The lowest BCUT2D eigenvalue weighted by molar-refractivity contribution is 0.277. The van der Waals surface area contributed by atoms with E-state index < -0.39 is 0 Å². The van der Waals surface area contributed by atoms with Crippen LogP contribution in [0.1, 0.15) is 40.5 Å². The van der Waals surface area contributed by atoms with Gasteiger partial charge in [-0.2, -0.15) is 0 Å². The number of hydrogen-bond acceptors (Lipinski definition) is 1. The van der Waals surface area contributed by atoms with Crippen molar-refractivity contribution in [2.45, 2.75) is 40.5 Å². The van der Waals surface area contributed by atoms with Gasteiger partial charge < -0.3 is 4.74 Å². The Morgan fingerprint density at radius 3 is 0.778 bits per heavy atom. The van der Waals surface area contributed by atoms with E-state index in [1.54, 1.807) is 14.2 Å². The van der Waals surface area contributed by atoms with E-state index in [0.29, 0.717) is 0 Å². The molecule has 0 bridgehead atoms. The molecule has 60 valence electrons. The molecule has 1 heteroatoms. The van der Waals surface area contributed by atoms with Gasteiger partial charge in [-0.1, -0.05) is 40.5 Å². The molecule has 0 amide bonds. The summed E-state index contributed by atoms with van der Waals surface area (Å²) in [5.74, 6) is 0. The van der Waals surface area contributed by atoms with Gasteiger partial charge in [0.15, 0.2) is 0 Å². The maximum absolute atomic E-state index is 4.25. The van der Waals surface area contributed by atoms with Crippen molar-refractivity contribution in [2.75, 3.05) is 14.2 Å². The van der Waals surface area contributed by atoms with Gasteiger partial charge in [0.1, 0.15) is 0 Å². The minimum absolute atomic E-state index is 1.25. The Morgan fingerprint density at radius 2 is 0.778 bits per heavy atom. The van der Waals surface area contributed by atoms with Crippen molar-refractivity contribution in [3.63, 3.8) is 0 Å². The molecule has 0 unspecified atom stereocenters. The summed E-state index contributed by atoms with van der Waals surface area (Å²) in [5, 5.41) is 0. The summed E-state index contributed by atoms with van der Waals surface area (Å²) < 4.78 is 4.25. The number of methoxy groups -OCH3 is 1. The highest BCUT2D eigenvalue weighted by Gasteiger charge is 1.36. The van der Waals surface area contributed by atoms with Crippen LogP contribution in [0.15, 0.2) is 0 Å². The molecule has 0 fully saturated rings. The van der Waals surface area contributed by atoms with Crippen LogP contribution < -0.4 is 0 Å². The van der Waals surface area contributed by atoms with Crippen molar-refractivity contribution >= 4 is 0 Å². The van der Waals surface area contributed by atoms with Gasteiger partial charge in [0.25, 0.3) is 0 Å². The van der Waals surface area contributed by atoms with Gasteiger partial charge in [-0.15, -0.1) is 0 Å². The Bertz CT molecular complexity index is 9.28. The zero-order valence-corrected chi connectivity index (χ0v) is 7.82. The van der Waals surface area contributed by atoms with Gasteiger partial charge in [-0.05, 0) is 0 Å². The maximum atomic E-state index is 4.25. The minimum atomic E-state index is 1.25. The second-order valence-corrected chi connectivity index (χ2v) is 1.82. The van der Waals surface area contributed by atoms with Crippen LogP contribution in [0.2, 0.25) is 0 Å². The summed E-state index contributed by atoms with van der Waals surface area (Å²) in [4.78, 5) is 0. The van der Waals surface area contributed by atoms with Crippen LogP contribution in [-0.4, -0.2) is 14.2 Å². The van der Waals surface area contributed by atoms with Crippen LogP contribution in [-0.2, 0) is 4.74 Å². The second kappa shape index (κ2) is 44.0. The van der Waals surface area contributed by atoms with E-state index in [2.05, 4.69) is 32.4 Å². The smallest absolute Gasteiger partial charge is 0.0351 e. The first-order valence-corrected chi connectivity index (χ1v) is 3.64. The van der Waals surface area contributed by atoms with Gasteiger partial charge in [-0.3, -0.25) is 0 Å². The first kappa shape index (κ1) is 16.0. The molecule has 0 rings (SSSR count). The molecule has 1 nitrogen and oxygen atoms in total. The fourth-order valence-electron chi connectivity index (χ4n) is 0. The molecule has 0 saturated carbocycles. The van der Waals surface area contributed by atoms with E-state index in [1.165, 1.54) is 12.8 Å². The molecule has 0 atom stereocenters. The van der Waals surface area contributed by atoms with Crippen LogP contribution in [0, 0.1) is 0 Å². The van der Waals surface area contributed by atoms with Crippen molar-refractivity contribution in [1.82, 2.24) is 0 Å². The summed E-state index contributed by atoms with van der Waals surface area (Å²) in [5.41, 5.74) is 0. The Morgan fingerprint density at radius 1 is 0.778 bits per heavy atom. The van der Waals surface area contributed by atoms with Crippen molar-refractivity contribution in [1.29, 1.82) is 0 Å². The van der Waals surface area contributed by atoms with Gasteiger partial charge in [-0.25, -0.2) is 0 Å². The summed E-state index contributed by atoms with van der Waals surface area (Å²) in [6.07, 6.45) is 2.50. The molecule has 0 saturated heterocycles. The quantitative estimate of drug-likeness (QED) is 0.494. The van der Waals surface area contributed by atoms with Gasteiger partial charge in [0.05, 0.1) is 0 Å². The molecule has 0 N–H and O–H groups in total. The summed E-state index contributed by atoms with van der Waals surface area (Å²) >= 11 is 0. The zero-order chi connectivity index (χ0) is 8.12. The molecule has 0 aromatic carbocycles. The average molecular weight is 134 g/mol. The van der Waals surface area contributed by atoms with E-state index >= 15 is 0 Å². The molecule has 0 aliphatic rings. The second-order valence-electron chi connectivity index (χ2n) is 1.82. The number of ether oxygens (including phenoxy) is 1. The highest BCUT2D eigenvalue weighted by Crippen LogP contribution is 1.56. The minimum Gasteiger partial charge on any atom is -0.388 e. The summed E-state index contributed by atoms with van der Waals surface area (Å²) in [6.45, 7) is 8.50. The van der Waals surface area contributed by atoms with Gasteiger partial charge in [0.2, 0.25) is 0 Å². The largest absolute Gasteiger partial charge is 0.388 e. The lowest BCUT2D eigenvalue weighted by atomic mass is 10.6. The fourth-order valence-corrected chi connectivity index (χ4v) is 0. The average Bonchev–Trinajstić information content (AvgIpc) is 1.70. The standard InChI is InChI=1S/2C3H8.C2H6O/c3*1-3-2/h2*3H2,1-2H3;1-2H3. The molecule has 0 aliphatic heterocycles. The molecule has 0 spiro atoms. The van der Waals surface area contributed by atoms with Crippen LogP contribution in [0.3, 0.4) is 0 Å². The van der Waals surface area contributed by atoms with Crippen LogP contribution in [0.25, 0.3) is 0 Å². The highest BCUT2D eigenvalue weighted by atomic mass is 16.4. The van der Waals surface area contributed by atoms with E-state index in [4.69, 9.17) is 0 Å². The molecule has 0 aliphatic carbocycles. The van der Waals surface area contributed by atoms with Crippen LogP contribution in [0.4, 0.5) is 0 Å². The monoisotopic (exact) mass is 134 g/mol. The molecule has 0 radical (unpaired) electrons. The molecule has 9 heavy (non-hydrogen) atoms. The normalized spacial score (nSPS) is 6.00. The predicted molar refractivity (Wildman–Crippen MR) is 44.9 cm³/mol. The number of hydrogen-bond donors (Lipinski definition) is 0. The van der Waals surface area contributed by atoms with Crippen molar-refractivity contribution < 1.29 is 4.74 Å². The third-order valence-electron chi connectivity index (χ3n) is 0. The molecular formula is C8H22O. The first-order chi connectivity index (χ1) is 4.24. The van der Waals surface area contributed by atoms with E-state index in [9.17, 15) is 0 Å². The topological polar surface area (TPSA) is 9.23 Å². The van der Waals surface area contributed by atoms with Crippen molar-refractivity contribution in [2.24, 2.45) is 0 Å². The van der Waals surface area contributed by atoms with E-state index in [1.807, 2.05) is 0 Å². The number of rotatable bonds is 0. The molecule has 0 aromatic rings. The third kappa shape index (κ3) is 177000. The highest BCUT2D eigenvalue weighted by molar-refractivity contribution is 3.92. The van der Waals surface area contributed by atoms with Crippen LogP contribution in [0.5, 0.6) is 0 Å². The Labute approximate surface area is 60.4 Å². The Balaban J connectivity index is -0.0000000600. The lowest BCUT2D eigenvalue weighted by Gasteiger charge is -1.61. The maximum Gasteiger partial charge on any atom is 0.0351 e. The summed E-state index contributed by atoms with van der Waals surface area (Å²) in [7, 11) is 3.25. The molecule has 0 heterocycles. The first-order valence-electron chi connectivity index (χ1n) is 3.64. The van der Waals surface area contributed by atoms with Gasteiger partial charge in [0, 0.05) is 14.2 Å². The van der Waals surface area contributed by atoms with Crippen molar-refractivity contribution in [3.05, 3.63) is 0 Å². The Kier molecular flexibility index (Phi) is 78.2. The van der Waals surface area contributed by atoms with Gasteiger partial charge >= 0.3 is 0 Å². The predicted octanol–water partition coefficient (Wildman–Crippen LogP) is 3.10. The van der Waals surface area contributed by atoms with E-state index in [0.717, 1.165) is 0 Å². The lowest BCUT2D eigenvalue weighted by Crippen LogP contribution is -1.55. The van der Waals surface area contributed by atoms with Crippen molar-refractivity contribution in [3.8, 4) is 0 Å². The zero-order valence-electron chi connectivity index (χ0n) is 7.82. The SMILES string of the molecule is CCC.CCC.COC. The summed E-state index contributed by atoms with van der Waals surface area (Å²) in [6, 6.07) is 0. The van der Waals surface area contributed by atoms with E-state index in [-0.39, 0.29) is 0 Å². The third-order valence-corrected chi connectivity index (χ3v) is 0. The van der Waals surface area contributed by atoms with Crippen LogP contribution >= 0.6 is 0 Å². The fraction of sp³-hybridized carbons (Fsp3) is 1.00. The Hall–Kier alpha value is -0.0400.